The van der Waals surface area contributed by atoms with Crippen molar-refractivity contribution in [1.29, 1.82) is 0 Å². The Kier molecular flexibility index (Phi) is 4.47. The van der Waals surface area contributed by atoms with Gasteiger partial charge < -0.3 is 9.84 Å². The van der Waals surface area contributed by atoms with Gasteiger partial charge in [-0.05, 0) is 19.9 Å². The van der Waals surface area contributed by atoms with E-state index in [1.165, 1.54) is 0 Å². The van der Waals surface area contributed by atoms with E-state index in [4.69, 9.17) is 4.52 Å². The maximum Gasteiger partial charge on any atom is 0.227 e. The van der Waals surface area contributed by atoms with Gasteiger partial charge in [0.15, 0.2) is 0 Å². The van der Waals surface area contributed by atoms with E-state index in [2.05, 4.69) is 29.3 Å². The molecule has 1 aromatic carbocycles. The van der Waals surface area contributed by atoms with Gasteiger partial charge in [0, 0.05) is 18.0 Å². The molecule has 0 bridgehead atoms. The monoisotopic (exact) mass is 245 g/mol. The lowest BCUT2D eigenvalue weighted by Gasteiger charge is -2.09. The number of hydrogen-bond acceptors (Lipinski definition) is 4. The molecule has 96 valence electrons. The second-order valence-electron chi connectivity index (χ2n) is 4.38. The van der Waals surface area contributed by atoms with Gasteiger partial charge in [0.1, 0.15) is 0 Å². The van der Waals surface area contributed by atoms with Gasteiger partial charge in [-0.15, -0.1) is 0 Å². The zero-order valence-corrected chi connectivity index (χ0v) is 10.9. The maximum absolute atomic E-state index is 5.26. The Labute approximate surface area is 107 Å². The van der Waals surface area contributed by atoms with Crippen LogP contribution in [-0.4, -0.2) is 22.7 Å². The summed E-state index contributed by atoms with van der Waals surface area (Å²) in [5.74, 6) is 1.38. The minimum atomic E-state index is 0.474. The van der Waals surface area contributed by atoms with Crippen LogP contribution in [0, 0.1) is 0 Å². The summed E-state index contributed by atoms with van der Waals surface area (Å²) in [5, 5.41) is 7.37. The molecule has 1 atom stereocenters. The number of rotatable bonds is 6. The van der Waals surface area contributed by atoms with E-state index >= 15 is 0 Å². The molecule has 0 radical (unpaired) electrons. The topological polar surface area (TPSA) is 51.0 Å². The van der Waals surface area contributed by atoms with E-state index in [1.807, 2.05) is 30.3 Å². The van der Waals surface area contributed by atoms with Crippen LogP contribution in [0.1, 0.15) is 26.2 Å². The van der Waals surface area contributed by atoms with Gasteiger partial charge in [-0.2, -0.15) is 4.98 Å². The molecule has 4 heteroatoms. The molecule has 0 spiro atoms. The molecule has 0 fully saturated rings. The Hall–Kier alpha value is -1.68. The van der Waals surface area contributed by atoms with Crippen molar-refractivity contribution in [3.05, 3.63) is 36.2 Å². The lowest BCUT2D eigenvalue weighted by molar-refractivity contribution is 0.368. The van der Waals surface area contributed by atoms with Gasteiger partial charge in [0.25, 0.3) is 0 Å². The summed E-state index contributed by atoms with van der Waals surface area (Å²) in [6, 6.07) is 10.4. The molecule has 0 saturated carbocycles. The Morgan fingerprint density at radius 1 is 1.28 bits per heavy atom. The smallest absolute Gasteiger partial charge is 0.227 e. The molecular weight excluding hydrogens is 226 g/mol. The van der Waals surface area contributed by atoms with Crippen LogP contribution in [0.3, 0.4) is 0 Å². The summed E-state index contributed by atoms with van der Waals surface area (Å²) in [6.07, 6.45) is 1.82. The molecule has 0 aliphatic carbocycles. The van der Waals surface area contributed by atoms with Crippen molar-refractivity contribution in [3.63, 3.8) is 0 Å². The number of nitrogens with zero attached hydrogens (tertiary/aromatic N) is 2. The van der Waals surface area contributed by atoms with Crippen molar-refractivity contribution in [2.24, 2.45) is 0 Å². The maximum atomic E-state index is 5.26. The van der Waals surface area contributed by atoms with Crippen LogP contribution in [-0.2, 0) is 6.42 Å². The van der Waals surface area contributed by atoms with Crippen LogP contribution in [0.25, 0.3) is 11.4 Å². The van der Waals surface area contributed by atoms with Crippen molar-refractivity contribution >= 4 is 0 Å². The van der Waals surface area contributed by atoms with Crippen LogP contribution in [0.5, 0.6) is 0 Å². The third kappa shape index (κ3) is 3.40. The highest BCUT2D eigenvalue weighted by atomic mass is 16.5. The van der Waals surface area contributed by atoms with Crippen molar-refractivity contribution in [2.75, 3.05) is 6.54 Å². The highest BCUT2D eigenvalue weighted by Gasteiger charge is 2.09. The molecule has 0 aliphatic heterocycles. The van der Waals surface area contributed by atoms with Crippen LogP contribution in [0.2, 0.25) is 0 Å². The van der Waals surface area contributed by atoms with E-state index in [-0.39, 0.29) is 0 Å². The predicted octanol–water partition coefficient (Wildman–Crippen LogP) is 2.67. The van der Waals surface area contributed by atoms with E-state index in [1.54, 1.807) is 0 Å². The van der Waals surface area contributed by atoms with Gasteiger partial charge in [-0.25, -0.2) is 0 Å². The first-order chi connectivity index (χ1) is 8.79. The fourth-order valence-electron chi connectivity index (χ4n) is 1.85. The minimum absolute atomic E-state index is 0.474. The quantitative estimate of drug-likeness (QED) is 0.850. The Morgan fingerprint density at radius 2 is 2.06 bits per heavy atom. The predicted molar refractivity (Wildman–Crippen MR) is 71.2 cm³/mol. The fourth-order valence-corrected chi connectivity index (χ4v) is 1.85. The van der Waals surface area contributed by atoms with Gasteiger partial charge in [0.2, 0.25) is 11.7 Å². The molecule has 1 N–H and O–H groups in total. The third-order valence-corrected chi connectivity index (χ3v) is 2.84. The SMILES string of the molecule is CCNC(C)CCc1nc(-c2ccccc2)no1. The molecule has 2 rings (SSSR count). The highest BCUT2D eigenvalue weighted by molar-refractivity contribution is 5.53. The second-order valence-corrected chi connectivity index (χ2v) is 4.38. The first-order valence-electron chi connectivity index (χ1n) is 6.41. The normalized spacial score (nSPS) is 12.6. The molecule has 0 saturated heterocycles. The molecule has 0 amide bonds. The summed E-state index contributed by atoms with van der Waals surface area (Å²) < 4.78 is 5.26. The average molecular weight is 245 g/mol. The van der Waals surface area contributed by atoms with Crippen molar-refractivity contribution in [3.8, 4) is 11.4 Å². The summed E-state index contributed by atoms with van der Waals surface area (Å²) in [6.45, 7) is 5.26. The molecule has 0 aliphatic rings. The van der Waals surface area contributed by atoms with Gasteiger partial charge in [0.05, 0.1) is 0 Å². The molecule has 18 heavy (non-hydrogen) atoms. The Balaban J connectivity index is 1.95. The van der Waals surface area contributed by atoms with E-state index in [0.717, 1.165) is 24.9 Å². The summed E-state index contributed by atoms with van der Waals surface area (Å²) >= 11 is 0. The summed E-state index contributed by atoms with van der Waals surface area (Å²) in [5.41, 5.74) is 0.993. The van der Waals surface area contributed by atoms with Crippen LogP contribution in [0.15, 0.2) is 34.9 Å². The van der Waals surface area contributed by atoms with Crippen molar-refractivity contribution < 1.29 is 4.52 Å². The lowest BCUT2D eigenvalue weighted by Crippen LogP contribution is -2.25. The third-order valence-electron chi connectivity index (χ3n) is 2.84. The highest BCUT2D eigenvalue weighted by Crippen LogP contribution is 2.15. The lowest BCUT2D eigenvalue weighted by atomic mass is 10.2. The van der Waals surface area contributed by atoms with Crippen LogP contribution < -0.4 is 5.32 Å². The molecule has 1 heterocycles. The van der Waals surface area contributed by atoms with Crippen LogP contribution in [0.4, 0.5) is 0 Å². The average Bonchev–Trinajstić information content (AvgIpc) is 2.87. The van der Waals surface area contributed by atoms with Crippen molar-refractivity contribution in [2.45, 2.75) is 32.7 Å². The molecule has 4 nitrogen and oxygen atoms in total. The van der Waals surface area contributed by atoms with E-state index < -0.39 is 0 Å². The number of nitrogens with one attached hydrogen (secondary N) is 1. The van der Waals surface area contributed by atoms with Gasteiger partial charge in [-0.3, -0.25) is 0 Å². The van der Waals surface area contributed by atoms with Gasteiger partial charge >= 0.3 is 0 Å². The number of aryl methyl sites for hydroxylation is 1. The van der Waals surface area contributed by atoms with Crippen LogP contribution >= 0.6 is 0 Å². The van der Waals surface area contributed by atoms with Gasteiger partial charge in [-0.1, -0.05) is 42.4 Å². The molecular formula is C14H19N3O. The minimum Gasteiger partial charge on any atom is -0.339 e. The van der Waals surface area contributed by atoms with E-state index in [0.29, 0.717) is 17.8 Å². The second kappa shape index (κ2) is 6.31. The largest absolute Gasteiger partial charge is 0.339 e. The Bertz CT molecular complexity index is 467. The fraction of sp³-hybridized carbons (Fsp3) is 0.429. The number of aromatic nitrogens is 2. The molecule has 1 unspecified atom stereocenters. The molecule has 2 aromatic rings. The number of hydrogen-bond donors (Lipinski definition) is 1. The van der Waals surface area contributed by atoms with Crippen molar-refractivity contribution in [1.82, 2.24) is 15.5 Å². The first-order valence-corrected chi connectivity index (χ1v) is 6.41. The number of benzene rings is 1. The first kappa shape index (κ1) is 12.8. The molecule has 1 aromatic heterocycles. The zero-order valence-electron chi connectivity index (χ0n) is 10.9. The Morgan fingerprint density at radius 3 is 2.78 bits per heavy atom. The van der Waals surface area contributed by atoms with E-state index in [9.17, 15) is 0 Å². The zero-order chi connectivity index (χ0) is 12.8. The standard InChI is InChI=1S/C14H19N3O/c1-3-15-11(2)9-10-13-16-14(17-18-13)12-7-5-4-6-8-12/h4-8,11,15H,3,9-10H2,1-2H3. The summed E-state index contributed by atoms with van der Waals surface area (Å²) in [4.78, 5) is 4.41. The summed E-state index contributed by atoms with van der Waals surface area (Å²) in [7, 11) is 0.